The largest absolute Gasteiger partial charge is 0.468 e. The Hall–Kier alpha value is -0.840. The van der Waals surface area contributed by atoms with Crippen molar-refractivity contribution in [3.63, 3.8) is 0 Å². The van der Waals surface area contributed by atoms with E-state index in [0.717, 1.165) is 12.3 Å². The molecule has 1 aromatic heterocycles. The van der Waals surface area contributed by atoms with Crippen LogP contribution in [0.15, 0.2) is 22.8 Å². The molecule has 1 aromatic rings. The zero-order valence-corrected chi connectivity index (χ0v) is 10.4. The molecule has 0 bridgehead atoms. The lowest BCUT2D eigenvalue weighted by molar-refractivity contribution is 0.0173. The molecule has 0 amide bonds. The van der Waals surface area contributed by atoms with Gasteiger partial charge in [0.2, 0.25) is 0 Å². The highest BCUT2D eigenvalue weighted by molar-refractivity contribution is 4.99. The van der Waals surface area contributed by atoms with Gasteiger partial charge in [-0.1, -0.05) is 0 Å². The van der Waals surface area contributed by atoms with Crippen LogP contribution < -0.4 is 5.73 Å². The van der Waals surface area contributed by atoms with Crippen LogP contribution in [0, 0.1) is 0 Å². The third-order valence-corrected chi connectivity index (χ3v) is 2.95. The van der Waals surface area contributed by atoms with E-state index in [9.17, 15) is 0 Å². The van der Waals surface area contributed by atoms with Gasteiger partial charge in [0, 0.05) is 13.2 Å². The molecule has 1 unspecified atom stereocenters. The van der Waals surface area contributed by atoms with Crippen LogP contribution in [0.1, 0.15) is 19.6 Å². The lowest BCUT2D eigenvalue weighted by atomic mass is 10.0. The molecule has 0 saturated heterocycles. The second-order valence-corrected chi connectivity index (χ2v) is 4.27. The Morgan fingerprint density at radius 2 is 2.31 bits per heavy atom. The summed E-state index contributed by atoms with van der Waals surface area (Å²) in [5, 5.41) is 0. The summed E-state index contributed by atoms with van der Waals surface area (Å²) in [5.41, 5.74) is 5.68. The molecule has 0 aliphatic carbocycles. The maximum Gasteiger partial charge on any atom is 0.117 e. The van der Waals surface area contributed by atoms with E-state index in [-0.39, 0.29) is 5.54 Å². The summed E-state index contributed by atoms with van der Waals surface area (Å²) in [6, 6.07) is 3.86. The minimum Gasteiger partial charge on any atom is -0.468 e. The van der Waals surface area contributed by atoms with Gasteiger partial charge in [-0.25, -0.2) is 0 Å². The summed E-state index contributed by atoms with van der Waals surface area (Å²) < 4.78 is 10.8. The summed E-state index contributed by atoms with van der Waals surface area (Å²) in [5.74, 6) is 0.943. The van der Waals surface area contributed by atoms with Gasteiger partial charge >= 0.3 is 0 Å². The molecule has 0 aromatic carbocycles. The van der Waals surface area contributed by atoms with Crippen LogP contribution in [0.3, 0.4) is 0 Å². The quantitative estimate of drug-likeness (QED) is 0.765. The fourth-order valence-electron chi connectivity index (χ4n) is 1.47. The fraction of sp³-hybridized carbons (Fsp3) is 0.667. The third-order valence-electron chi connectivity index (χ3n) is 2.95. The average Bonchev–Trinajstić information content (AvgIpc) is 2.78. The summed E-state index contributed by atoms with van der Waals surface area (Å²) in [7, 11) is 2.04. The second-order valence-electron chi connectivity index (χ2n) is 4.27. The van der Waals surface area contributed by atoms with Crippen molar-refractivity contribution >= 4 is 0 Å². The normalized spacial score (nSPS) is 15.3. The average molecular weight is 226 g/mol. The van der Waals surface area contributed by atoms with Gasteiger partial charge in [0.1, 0.15) is 5.76 Å². The van der Waals surface area contributed by atoms with Crippen molar-refractivity contribution < 1.29 is 9.15 Å². The van der Waals surface area contributed by atoms with E-state index in [1.807, 2.05) is 26.1 Å². The second kappa shape index (κ2) is 6.03. The fourth-order valence-corrected chi connectivity index (χ4v) is 1.47. The highest BCUT2D eigenvalue weighted by atomic mass is 16.5. The first-order chi connectivity index (χ1) is 7.62. The van der Waals surface area contributed by atoms with Crippen LogP contribution in [0.2, 0.25) is 0 Å². The predicted octanol–water partition coefficient (Wildman–Crippen LogP) is 1.47. The first-order valence-electron chi connectivity index (χ1n) is 5.64. The number of likely N-dealkylation sites (N-methyl/N-ethyl adjacent to an activating group) is 1. The molecule has 4 nitrogen and oxygen atoms in total. The summed E-state index contributed by atoms with van der Waals surface area (Å²) >= 11 is 0. The SMILES string of the molecule is CCOCC(C)(CN)N(C)Cc1ccco1. The van der Waals surface area contributed by atoms with Crippen molar-refractivity contribution in [1.29, 1.82) is 0 Å². The highest BCUT2D eigenvalue weighted by Gasteiger charge is 2.28. The lowest BCUT2D eigenvalue weighted by Gasteiger charge is -2.37. The topological polar surface area (TPSA) is 51.6 Å². The van der Waals surface area contributed by atoms with Gasteiger partial charge in [0.25, 0.3) is 0 Å². The number of hydrogen-bond acceptors (Lipinski definition) is 4. The number of hydrogen-bond donors (Lipinski definition) is 1. The van der Waals surface area contributed by atoms with Gasteiger partial charge in [-0.2, -0.15) is 0 Å². The van der Waals surface area contributed by atoms with Crippen LogP contribution in [0.25, 0.3) is 0 Å². The Balaban J connectivity index is 2.57. The zero-order valence-electron chi connectivity index (χ0n) is 10.4. The first-order valence-corrected chi connectivity index (χ1v) is 5.64. The smallest absolute Gasteiger partial charge is 0.117 e. The molecule has 16 heavy (non-hydrogen) atoms. The summed E-state index contributed by atoms with van der Waals surface area (Å²) in [6.45, 7) is 6.74. The number of ether oxygens (including phenoxy) is 1. The van der Waals surface area contributed by atoms with Gasteiger partial charge in [-0.15, -0.1) is 0 Å². The molecule has 0 radical (unpaired) electrons. The van der Waals surface area contributed by atoms with Crippen molar-refractivity contribution in [2.45, 2.75) is 25.9 Å². The minimum absolute atomic E-state index is 0.150. The molecule has 1 heterocycles. The molecule has 2 N–H and O–H groups in total. The molecular weight excluding hydrogens is 204 g/mol. The van der Waals surface area contributed by atoms with Crippen molar-refractivity contribution in [2.24, 2.45) is 5.73 Å². The molecule has 1 rings (SSSR count). The lowest BCUT2D eigenvalue weighted by Crippen LogP contribution is -2.52. The molecular formula is C12H22N2O2. The molecule has 0 saturated carbocycles. The van der Waals surface area contributed by atoms with Crippen molar-refractivity contribution in [1.82, 2.24) is 4.90 Å². The van der Waals surface area contributed by atoms with Crippen LogP contribution in [0.5, 0.6) is 0 Å². The Kier molecular flexibility index (Phi) is 4.99. The molecule has 0 aliphatic rings. The van der Waals surface area contributed by atoms with Crippen molar-refractivity contribution in [3.8, 4) is 0 Å². The highest BCUT2D eigenvalue weighted by Crippen LogP contribution is 2.16. The van der Waals surface area contributed by atoms with Crippen LogP contribution >= 0.6 is 0 Å². The Morgan fingerprint density at radius 1 is 1.56 bits per heavy atom. The number of rotatable bonds is 7. The maximum absolute atomic E-state index is 5.83. The van der Waals surface area contributed by atoms with Crippen LogP contribution in [-0.2, 0) is 11.3 Å². The molecule has 0 spiro atoms. The van der Waals surface area contributed by atoms with E-state index in [2.05, 4.69) is 11.8 Å². The van der Waals surface area contributed by atoms with E-state index in [0.29, 0.717) is 19.8 Å². The number of nitrogens with zero attached hydrogens (tertiary/aromatic N) is 1. The van der Waals surface area contributed by atoms with Crippen molar-refractivity contribution in [2.75, 3.05) is 26.8 Å². The molecule has 1 atom stereocenters. The standard InChI is InChI=1S/C12H22N2O2/c1-4-15-10-12(2,9-13)14(3)8-11-6-5-7-16-11/h5-7H,4,8-10,13H2,1-3H3. The number of furan rings is 1. The van der Waals surface area contributed by atoms with Gasteiger partial charge in [0.05, 0.1) is 25.0 Å². The van der Waals surface area contributed by atoms with E-state index in [4.69, 9.17) is 14.9 Å². The molecule has 4 heteroatoms. The van der Waals surface area contributed by atoms with Crippen LogP contribution in [-0.4, -0.2) is 37.2 Å². The third kappa shape index (κ3) is 3.33. The number of nitrogens with two attached hydrogens (primary N) is 1. The Bertz CT molecular complexity index is 287. The zero-order chi connectivity index (χ0) is 12.0. The van der Waals surface area contributed by atoms with Crippen molar-refractivity contribution in [3.05, 3.63) is 24.2 Å². The van der Waals surface area contributed by atoms with Crippen LogP contribution in [0.4, 0.5) is 0 Å². The van der Waals surface area contributed by atoms with E-state index in [1.54, 1.807) is 6.26 Å². The molecule has 92 valence electrons. The summed E-state index contributed by atoms with van der Waals surface area (Å²) in [6.07, 6.45) is 1.69. The van der Waals surface area contributed by atoms with E-state index < -0.39 is 0 Å². The minimum atomic E-state index is -0.150. The predicted molar refractivity (Wildman–Crippen MR) is 64.1 cm³/mol. The van der Waals surface area contributed by atoms with Gasteiger partial charge in [-0.05, 0) is 33.0 Å². The van der Waals surface area contributed by atoms with Gasteiger partial charge < -0.3 is 14.9 Å². The van der Waals surface area contributed by atoms with Gasteiger partial charge in [-0.3, -0.25) is 4.90 Å². The van der Waals surface area contributed by atoms with E-state index in [1.165, 1.54) is 0 Å². The molecule has 0 aliphatic heterocycles. The summed E-state index contributed by atoms with van der Waals surface area (Å²) in [4.78, 5) is 2.17. The monoisotopic (exact) mass is 226 g/mol. The Morgan fingerprint density at radius 3 is 2.81 bits per heavy atom. The molecule has 0 fully saturated rings. The Labute approximate surface area is 97.4 Å². The van der Waals surface area contributed by atoms with E-state index >= 15 is 0 Å². The first kappa shape index (κ1) is 13.2. The maximum atomic E-state index is 5.83. The van der Waals surface area contributed by atoms with Gasteiger partial charge in [0.15, 0.2) is 0 Å².